The Morgan fingerprint density at radius 2 is 1.56 bits per heavy atom. The third kappa shape index (κ3) is 5.86. The monoisotopic (exact) mass is 474 g/mol. The van der Waals surface area contributed by atoms with Crippen molar-refractivity contribution < 1.29 is 25.8 Å². The van der Waals surface area contributed by atoms with Gasteiger partial charge in [-0.15, -0.1) is 0 Å². The van der Waals surface area contributed by atoms with Crippen LogP contribution >= 0.6 is 0 Å². The average Bonchev–Trinajstić information content (AvgIpc) is 2.76. The van der Waals surface area contributed by atoms with E-state index in [1.807, 2.05) is 6.92 Å². The van der Waals surface area contributed by atoms with Crippen LogP contribution in [0.5, 0.6) is 11.5 Å². The number of sulfonamides is 1. The fourth-order valence-electron chi connectivity index (χ4n) is 2.64. The Balaban J connectivity index is 1.80. The Morgan fingerprint density at radius 1 is 0.875 bits per heavy atom. The molecule has 3 aromatic carbocycles. The molecule has 10 heteroatoms. The third-order valence-corrected chi connectivity index (χ3v) is 6.70. The lowest BCUT2D eigenvalue weighted by atomic mass is 10.2. The normalized spacial score (nSPS) is 11.9. The molecule has 0 saturated heterocycles. The second-order valence-electron chi connectivity index (χ2n) is 6.66. The number of hydrogen-bond donors (Lipinski definition) is 1. The number of nitrogens with zero attached hydrogens (tertiary/aromatic N) is 1. The summed E-state index contributed by atoms with van der Waals surface area (Å²) in [4.78, 5) is 2.23. The minimum atomic E-state index is -4.06. The standard InChI is InChI=1S/C22H22N2O6S2/c1-3-29-22-15-18(16-23-24-31(25,26)19-7-5-4-6-8-19)11-14-21(22)30-32(27,28)20-12-9-17(2)10-13-20/h4-16,24H,3H2,1-2H3. The summed E-state index contributed by atoms with van der Waals surface area (Å²) in [6, 6.07) is 18.6. The van der Waals surface area contributed by atoms with Crippen molar-refractivity contribution in [3.05, 3.63) is 83.9 Å². The topological polar surface area (TPSA) is 111 Å². The zero-order valence-corrected chi connectivity index (χ0v) is 19.1. The summed E-state index contributed by atoms with van der Waals surface area (Å²) in [7, 11) is -7.86. The van der Waals surface area contributed by atoms with Crippen LogP contribution < -0.4 is 13.8 Å². The van der Waals surface area contributed by atoms with Crippen LogP contribution in [-0.2, 0) is 20.1 Å². The van der Waals surface area contributed by atoms with E-state index in [0.717, 1.165) is 5.56 Å². The maximum Gasteiger partial charge on any atom is 0.339 e. The molecule has 3 aromatic rings. The first-order valence-corrected chi connectivity index (χ1v) is 12.5. The molecule has 0 saturated carbocycles. The minimum absolute atomic E-state index is 0.00874. The molecule has 0 bridgehead atoms. The predicted molar refractivity (Wildman–Crippen MR) is 121 cm³/mol. The molecular formula is C22H22N2O6S2. The molecule has 0 aliphatic carbocycles. The van der Waals surface area contributed by atoms with E-state index in [9.17, 15) is 16.8 Å². The summed E-state index contributed by atoms with van der Waals surface area (Å²) in [5.41, 5.74) is 1.40. The van der Waals surface area contributed by atoms with Crippen LogP contribution in [0.25, 0.3) is 0 Å². The summed E-state index contributed by atoms with van der Waals surface area (Å²) in [5, 5.41) is 3.77. The van der Waals surface area contributed by atoms with E-state index in [0.29, 0.717) is 5.56 Å². The Kier molecular flexibility index (Phi) is 7.16. The van der Waals surface area contributed by atoms with E-state index in [4.69, 9.17) is 8.92 Å². The van der Waals surface area contributed by atoms with Crippen molar-refractivity contribution in [1.82, 2.24) is 4.83 Å². The Labute approximate surface area is 187 Å². The maximum absolute atomic E-state index is 12.6. The molecule has 0 spiro atoms. The highest BCUT2D eigenvalue weighted by molar-refractivity contribution is 7.89. The SMILES string of the molecule is CCOc1cc(C=NNS(=O)(=O)c2ccccc2)ccc1OS(=O)(=O)c1ccc(C)cc1. The van der Waals surface area contributed by atoms with Gasteiger partial charge in [-0.25, -0.2) is 4.83 Å². The van der Waals surface area contributed by atoms with Crippen LogP contribution in [0.15, 0.2) is 87.7 Å². The lowest BCUT2D eigenvalue weighted by molar-refractivity contribution is 0.327. The van der Waals surface area contributed by atoms with Gasteiger partial charge in [0.2, 0.25) is 0 Å². The highest BCUT2D eigenvalue weighted by Crippen LogP contribution is 2.31. The van der Waals surface area contributed by atoms with Gasteiger partial charge in [0, 0.05) is 0 Å². The molecule has 0 atom stereocenters. The molecule has 0 aliphatic heterocycles. The van der Waals surface area contributed by atoms with E-state index >= 15 is 0 Å². The number of ether oxygens (including phenoxy) is 1. The largest absolute Gasteiger partial charge is 0.490 e. The molecule has 3 rings (SSSR count). The number of hydrazone groups is 1. The molecule has 0 unspecified atom stereocenters. The Bertz CT molecular complexity index is 1300. The number of nitrogens with one attached hydrogen (secondary N) is 1. The molecule has 8 nitrogen and oxygen atoms in total. The Hall–Kier alpha value is -3.37. The van der Waals surface area contributed by atoms with Crippen molar-refractivity contribution in [3.8, 4) is 11.5 Å². The van der Waals surface area contributed by atoms with E-state index in [1.54, 1.807) is 37.3 Å². The van der Waals surface area contributed by atoms with Crippen LogP contribution in [0.3, 0.4) is 0 Å². The van der Waals surface area contributed by atoms with Crippen molar-refractivity contribution >= 4 is 26.4 Å². The minimum Gasteiger partial charge on any atom is -0.490 e. The van der Waals surface area contributed by atoms with Gasteiger partial charge in [0.25, 0.3) is 10.0 Å². The molecule has 1 N–H and O–H groups in total. The van der Waals surface area contributed by atoms with Gasteiger partial charge in [0.1, 0.15) is 4.90 Å². The van der Waals surface area contributed by atoms with Crippen molar-refractivity contribution in [1.29, 1.82) is 0 Å². The zero-order valence-electron chi connectivity index (χ0n) is 17.4. The molecule has 168 valence electrons. The molecule has 0 aromatic heterocycles. The summed E-state index contributed by atoms with van der Waals surface area (Å²) in [6.45, 7) is 3.86. The summed E-state index contributed by atoms with van der Waals surface area (Å²) < 4.78 is 60.4. The van der Waals surface area contributed by atoms with Crippen LogP contribution in [0.2, 0.25) is 0 Å². The van der Waals surface area contributed by atoms with Gasteiger partial charge in [0.15, 0.2) is 11.5 Å². The van der Waals surface area contributed by atoms with Crippen molar-refractivity contribution in [3.63, 3.8) is 0 Å². The lowest BCUT2D eigenvalue weighted by Gasteiger charge is -2.12. The maximum atomic E-state index is 12.6. The van der Waals surface area contributed by atoms with E-state index in [2.05, 4.69) is 9.93 Å². The third-order valence-electron chi connectivity index (χ3n) is 4.22. The quantitative estimate of drug-likeness (QED) is 0.289. The van der Waals surface area contributed by atoms with Gasteiger partial charge >= 0.3 is 10.1 Å². The van der Waals surface area contributed by atoms with Gasteiger partial charge in [0.05, 0.1) is 17.7 Å². The average molecular weight is 475 g/mol. The van der Waals surface area contributed by atoms with Crippen LogP contribution in [0.1, 0.15) is 18.1 Å². The van der Waals surface area contributed by atoms with Crippen LogP contribution in [0, 0.1) is 6.92 Å². The number of hydrogen-bond acceptors (Lipinski definition) is 7. The van der Waals surface area contributed by atoms with Crippen LogP contribution in [0.4, 0.5) is 0 Å². The molecule has 0 amide bonds. The first-order chi connectivity index (χ1) is 15.2. The van der Waals surface area contributed by atoms with Gasteiger partial charge in [-0.3, -0.25) is 0 Å². The first-order valence-electron chi connectivity index (χ1n) is 9.59. The van der Waals surface area contributed by atoms with Crippen molar-refractivity contribution in [2.75, 3.05) is 6.61 Å². The summed E-state index contributed by atoms with van der Waals surface area (Å²) in [6.07, 6.45) is 1.28. The van der Waals surface area contributed by atoms with Crippen molar-refractivity contribution in [2.45, 2.75) is 23.6 Å². The van der Waals surface area contributed by atoms with Gasteiger partial charge in [-0.05, 0) is 61.9 Å². The van der Waals surface area contributed by atoms with Crippen LogP contribution in [-0.4, -0.2) is 29.7 Å². The fraction of sp³-hybridized carbons (Fsp3) is 0.136. The number of aryl methyl sites for hydroxylation is 1. The highest BCUT2D eigenvalue weighted by atomic mass is 32.2. The molecular weight excluding hydrogens is 452 g/mol. The summed E-state index contributed by atoms with van der Waals surface area (Å²) >= 11 is 0. The molecule has 0 fully saturated rings. The second-order valence-corrected chi connectivity index (χ2v) is 9.86. The molecule has 0 radical (unpaired) electrons. The highest BCUT2D eigenvalue weighted by Gasteiger charge is 2.19. The fourth-order valence-corrected chi connectivity index (χ4v) is 4.39. The second kappa shape index (κ2) is 9.84. The molecule has 32 heavy (non-hydrogen) atoms. The first kappa shape index (κ1) is 23.3. The zero-order chi connectivity index (χ0) is 23.2. The predicted octanol–water partition coefficient (Wildman–Crippen LogP) is 3.47. The lowest BCUT2D eigenvalue weighted by Crippen LogP contribution is -2.18. The molecule has 0 heterocycles. The smallest absolute Gasteiger partial charge is 0.339 e. The van der Waals surface area contributed by atoms with E-state index in [1.165, 1.54) is 48.7 Å². The van der Waals surface area contributed by atoms with E-state index < -0.39 is 20.1 Å². The van der Waals surface area contributed by atoms with Gasteiger partial charge < -0.3 is 8.92 Å². The number of rotatable bonds is 9. The van der Waals surface area contributed by atoms with E-state index in [-0.39, 0.29) is 27.9 Å². The molecule has 0 aliphatic rings. The summed E-state index contributed by atoms with van der Waals surface area (Å²) in [5.74, 6) is 0.187. The Morgan fingerprint density at radius 3 is 2.22 bits per heavy atom. The van der Waals surface area contributed by atoms with Gasteiger partial charge in [-0.1, -0.05) is 35.9 Å². The van der Waals surface area contributed by atoms with Crippen molar-refractivity contribution in [2.24, 2.45) is 5.10 Å². The number of benzene rings is 3. The van der Waals surface area contributed by atoms with Gasteiger partial charge in [-0.2, -0.15) is 21.9 Å².